The minimum absolute atomic E-state index is 0.106. The third kappa shape index (κ3) is 3.71. The molecule has 0 aliphatic heterocycles. The summed E-state index contributed by atoms with van der Waals surface area (Å²) in [4.78, 5) is 26.2. The third-order valence-corrected chi connectivity index (χ3v) is 4.76. The number of aliphatic carboxylic acids is 1. The first-order chi connectivity index (χ1) is 11.2. The van der Waals surface area contributed by atoms with Crippen LogP contribution in [0.4, 0.5) is 4.79 Å². The fourth-order valence-electron chi connectivity index (χ4n) is 3.67. The van der Waals surface area contributed by atoms with Gasteiger partial charge < -0.3 is 9.84 Å². The number of carboxylic acid groups (broad SMARTS) is 1. The fraction of sp³-hybridized carbons (Fsp3) is 0.579. The van der Waals surface area contributed by atoms with E-state index < -0.39 is 17.6 Å². The molecule has 0 saturated heterocycles. The molecule has 0 aromatic heterocycles. The van der Waals surface area contributed by atoms with Crippen LogP contribution in [0.15, 0.2) is 30.3 Å². The van der Waals surface area contributed by atoms with Crippen molar-refractivity contribution in [3.05, 3.63) is 35.9 Å². The normalized spacial score (nSPS) is 22.4. The molecular formula is C19H27NO4. The maximum atomic E-state index is 12.7. The molecule has 0 bridgehead atoms. The SMILES string of the molecule is CC(C)N(C(=O)OCc1ccccc1)C1(C(=O)O)CCC(C)(C)C1. The predicted molar refractivity (Wildman–Crippen MR) is 91.6 cm³/mol. The maximum Gasteiger partial charge on any atom is 0.411 e. The van der Waals surface area contributed by atoms with Crippen LogP contribution in [0, 0.1) is 5.41 Å². The monoisotopic (exact) mass is 333 g/mol. The van der Waals surface area contributed by atoms with Crippen molar-refractivity contribution >= 4 is 12.1 Å². The largest absolute Gasteiger partial charge is 0.479 e. The number of nitrogens with zero attached hydrogens (tertiary/aromatic N) is 1. The standard InChI is InChI=1S/C19H27NO4/c1-14(2)20(17(23)24-12-15-8-6-5-7-9-15)19(16(21)22)11-10-18(3,4)13-19/h5-9,14H,10-13H2,1-4H3,(H,21,22). The van der Waals surface area contributed by atoms with Crippen LogP contribution in [0.3, 0.4) is 0 Å². The van der Waals surface area contributed by atoms with Crippen molar-refractivity contribution in [3.63, 3.8) is 0 Å². The van der Waals surface area contributed by atoms with Gasteiger partial charge in [-0.25, -0.2) is 9.59 Å². The number of hydrogen-bond donors (Lipinski definition) is 1. The highest BCUT2D eigenvalue weighted by atomic mass is 16.6. The molecule has 1 aromatic carbocycles. The van der Waals surface area contributed by atoms with Crippen LogP contribution >= 0.6 is 0 Å². The average Bonchev–Trinajstić information content (AvgIpc) is 2.83. The lowest BCUT2D eigenvalue weighted by Crippen LogP contribution is -2.58. The number of benzene rings is 1. The average molecular weight is 333 g/mol. The van der Waals surface area contributed by atoms with Crippen molar-refractivity contribution in [2.75, 3.05) is 0 Å². The summed E-state index contributed by atoms with van der Waals surface area (Å²) in [5, 5.41) is 9.90. The second-order valence-electron chi connectivity index (χ2n) is 7.68. The Bertz CT molecular complexity index is 597. The summed E-state index contributed by atoms with van der Waals surface area (Å²) in [6.07, 6.45) is 1.10. The summed E-state index contributed by atoms with van der Waals surface area (Å²) in [6.45, 7) is 7.90. The number of carbonyl (C=O) groups is 2. The van der Waals surface area contributed by atoms with Crippen LogP contribution in [-0.2, 0) is 16.1 Å². The summed E-state index contributed by atoms with van der Waals surface area (Å²) >= 11 is 0. The van der Waals surface area contributed by atoms with Crippen LogP contribution in [0.1, 0.15) is 52.5 Å². The summed E-state index contributed by atoms with van der Waals surface area (Å²) in [5.74, 6) is -0.946. The fourth-order valence-corrected chi connectivity index (χ4v) is 3.67. The van der Waals surface area contributed by atoms with Gasteiger partial charge in [-0.1, -0.05) is 44.2 Å². The van der Waals surface area contributed by atoms with Gasteiger partial charge in [0.05, 0.1) is 0 Å². The van der Waals surface area contributed by atoms with Gasteiger partial charge in [0.2, 0.25) is 0 Å². The zero-order valence-corrected chi connectivity index (χ0v) is 14.9. The molecule has 1 unspecified atom stereocenters. The first kappa shape index (κ1) is 18.3. The van der Waals surface area contributed by atoms with Gasteiger partial charge in [-0.15, -0.1) is 0 Å². The quantitative estimate of drug-likeness (QED) is 0.882. The Morgan fingerprint density at radius 1 is 1.21 bits per heavy atom. The molecule has 1 aromatic rings. The Kier molecular flexibility index (Phi) is 5.21. The van der Waals surface area contributed by atoms with Crippen molar-refractivity contribution < 1.29 is 19.4 Å². The molecular weight excluding hydrogens is 306 g/mol. The molecule has 1 fully saturated rings. The molecule has 24 heavy (non-hydrogen) atoms. The maximum absolute atomic E-state index is 12.7. The number of carboxylic acids is 1. The third-order valence-electron chi connectivity index (χ3n) is 4.76. The summed E-state index contributed by atoms with van der Waals surface area (Å²) in [7, 11) is 0. The molecule has 0 heterocycles. The van der Waals surface area contributed by atoms with E-state index in [9.17, 15) is 14.7 Å². The van der Waals surface area contributed by atoms with E-state index in [-0.39, 0.29) is 18.1 Å². The lowest BCUT2D eigenvalue weighted by Gasteiger charge is -2.40. The molecule has 1 atom stereocenters. The van der Waals surface area contributed by atoms with E-state index in [1.165, 1.54) is 4.90 Å². The number of hydrogen-bond acceptors (Lipinski definition) is 3. The van der Waals surface area contributed by atoms with Gasteiger partial charge in [0, 0.05) is 6.04 Å². The summed E-state index contributed by atoms with van der Waals surface area (Å²) in [5.41, 5.74) is -0.415. The van der Waals surface area contributed by atoms with Gasteiger partial charge in [0.1, 0.15) is 12.1 Å². The summed E-state index contributed by atoms with van der Waals surface area (Å²) in [6, 6.07) is 9.14. The highest BCUT2D eigenvalue weighted by molar-refractivity contribution is 5.85. The van der Waals surface area contributed by atoms with Crippen LogP contribution in [0.2, 0.25) is 0 Å². The van der Waals surface area contributed by atoms with E-state index in [1.807, 2.05) is 58.0 Å². The molecule has 1 N–H and O–H groups in total. The molecule has 5 heteroatoms. The van der Waals surface area contributed by atoms with Gasteiger partial charge in [0.25, 0.3) is 0 Å². The van der Waals surface area contributed by atoms with Crippen LogP contribution in [0.25, 0.3) is 0 Å². The molecule has 0 radical (unpaired) electrons. The molecule has 1 aliphatic rings. The lowest BCUT2D eigenvalue weighted by molar-refractivity contribution is -0.152. The van der Waals surface area contributed by atoms with Gasteiger partial charge in [-0.05, 0) is 44.1 Å². The van der Waals surface area contributed by atoms with Crippen LogP contribution in [0.5, 0.6) is 0 Å². The van der Waals surface area contributed by atoms with E-state index in [2.05, 4.69) is 0 Å². The first-order valence-corrected chi connectivity index (χ1v) is 8.41. The first-order valence-electron chi connectivity index (χ1n) is 8.41. The number of rotatable bonds is 5. The Balaban J connectivity index is 2.21. The molecule has 2 rings (SSSR count). The highest BCUT2D eigenvalue weighted by Gasteiger charge is 2.55. The van der Waals surface area contributed by atoms with Gasteiger partial charge in [0.15, 0.2) is 0 Å². The smallest absolute Gasteiger partial charge is 0.411 e. The zero-order valence-electron chi connectivity index (χ0n) is 14.9. The van der Waals surface area contributed by atoms with Crippen molar-refractivity contribution in [2.45, 2.75) is 65.1 Å². The second kappa shape index (κ2) is 6.83. The Morgan fingerprint density at radius 3 is 2.29 bits per heavy atom. The van der Waals surface area contributed by atoms with E-state index in [0.29, 0.717) is 12.8 Å². The van der Waals surface area contributed by atoms with Crippen LogP contribution in [-0.4, -0.2) is 33.6 Å². The molecule has 0 spiro atoms. The minimum Gasteiger partial charge on any atom is -0.479 e. The topological polar surface area (TPSA) is 66.8 Å². The second-order valence-corrected chi connectivity index (χ2v) is 7.68. The van der Waals surface area contributed by atoms with E-state index in [1.54, 1.807) is 0 Å². The lowest BCUT2D eigenvalue weighted by atomic mass is 9.86. The molecule has 132 valence electrons. The summed E-state index contributed by atoms with van der Waals surface area (Å²) < 4.78 is 5.43. The Hall–Kier alpha value is -2.04. The van der Waals surface area contributed by atoms with Crippen molar-refractivity contribution in [3.8, 4) is 0 Å². The predicted octanol–water partition coefficient (Wildman–Crippen LogP) is 4.07. The van der Waals surface area contributed by atoms with Crippen molar-refractivity contribution in [2.24, 2.45) is 5.41 Å². The minimum atomic E-state index is -1.19. The molecule has 1 amide bonds. The zero-order chi connectivity index (χ0) is 18.0. The molecule has 1 saturated carbocycles. The number of amides is 1. The highest BCUT2D eigenvalue weighted by Crippen LogP contribution is 2.47. The van der Waals surface area contributed by atoms with Gasteiger partial charge >= 0.3 is 12.1 Å². The van der Waals surface area contributed by atoms with E-state index >= 15 is 0 Å². The number of ether oxygens (including phenoxy) is 1. The van der Waals surface area contributed by atoms with Crippen LogP contribution < -0.4 is 0 Å². The van der Waals surface area contributed by atoms with Crippen molar-refractivity contribution in [1.82, 2.24) is 4.90 Å². The van der Waals surface area contributed by atoms with Gasteiger partial charge in [-0.2, -0.15) is 0 Å². The Labute approximate surface area is 143 Å². The molecule has 5 nitrogen and oxygen atoms in total. The van der Waals surface area contributed by atoms with E-state index in [4.69, 9.17) is 4.74 Å². The molecule has 1 aliphatic carbocycles. The van der Waals surface area contributed by atoms with E-state index in [0.717, 1.165) is 12.0 Å². The van der Waals surface area contributed by atoms with Gasteiger partial charge in [-0.3, -0.25) is 4.90 Å². The van der Waals surface area contributed by atoms with Crippen molar-refractivity contribution in [1.29, 1.82) is 0 Å². The number of carbonyl (C=O) groups excluding carboxylic acids is 1. The Morgan fingerprint density at radius 2 is 1.83 bits per heavy atom.